The van der Waals surface area contributed by atoms with Crippen LogP contribution in [0.2, 0.25) is 10.0 Å². The van der Waals surface area contributed by atoms with E-state index in [2.05, 4.69) is 11.2 Å². The van der Waals surface area contributed by atoms with E-state index in [0.717, 1.165) is 28.8 Å². The number of carbonyl (C=O) groups is 1. The van der Waals surface area contributed by atoms with E-state index in [0.29, 0.717) is 28.8 Å². The van der Waals surface area contributed by atoms with E-state index < -0.39 is 5.60 Å². The minimum atomic E-state index is -0.537. The highest BCUT2D eigenvalue weighted by Gasteiger charge is 2.25. The summed E-state index contributed by atoms with van der Waals surface area (Å²) in [5, 5.41) is 5.55. The van der Waals surface area contributed by atoms with Crippen LogP contribution < -0.4 is 0 Å². The number of hydrogen-bond acceptors (Lipinski definition) is 4. The molecule has 156 valence electrons. The second-order valence-electron chi connectivity index (χ2n) is 8.21. The molecular weight excluding hydrogens is 423 g/mol. The lowest BCUT2D eigenvalue weighted by Crippen LogP contribution is -2.39. The summed E-state index contributed by atoms with van der Waals surface area (Å²) in [4.78, 5) is 19.0. The van der Waals surface area contributed by atoms with Gasteiger partial charge in [0.25, 0.3) is 0 Å². The molecule has 1 amide bonds. The van der Waals surface area contributed by atoms with Crippen molar-refractivity contribution < 1.29 is 9.53 Å². The summed E-state index contributed by atoms with van der Waals surface area (Å²) in [5.41, 5.74) is 3.51. The molecule has 0 bridgehead atoms. The van der Waals surface area contributed by atoms with Gasteiger partial charge in [0.05, 0.1) is 29.6 Å². The first kappa shape index (κ1) is 20.7. The third kappa shape index (κ3) is 4.45. The molecule has 0 aliphatic carbocycles. The predicted octanol–water partition coefficient (Wildman–Crippen LogP) is 5.73. The summed E-state index contributed by atoms with van der Waals surface area (Å²) in [5.74, 6) is 0. The zero-order chi connectivity index (χ0) is 21.5. The van der Waals surface area contributed by atoms with Crippen LogP contribution in [0.1, 0.15) is 32.9 Å². The van der Waals surface area contributed by atoms with Crippen molar-refractivity contribution in [2.45, 2.75) is 32.8 Å². The third-order valence-corrected chi connectivity index (χ3v) is 5.13. The van der Waals surface area contributed by atoms with Gasteiger partial charge < -0.3 is 9.64 Å². The van der Waals surface area contributed by atoms with Gasteiger partial charge in [0, 0.05) is 28.4 Å². The maximum absolute atomic E-state index is 12.5. The quantitative estimate of drug-likeness (QED) is 0.506. The Hall–Kier alpha value is -2.57. The van der Waals surface area contributed by atoms with Gasteiger partial charge in [-0.1, -0.05) is 29.3 Å². The molecule has 1 aliphatic rings. The zero-order valence-electron chi connectivity index (χ0n) is 17.0. The Kier molecular flexibility index (Phi) is 5.47. The molecule has 4 rings (SSSR count). The Morgan fingerprint density at radius 1 is 1.13 bits per heavy atom. The molecule has 3 aromatic heterocycles. The number of aromatic nitrogens is 3. The molecule has 0 saturated heterocycles. The van der Waals surface area contributed by atoms with Crippen LogP contribution in [0.5, 0.6) is 0 Å². The minimum absolute atomic E-state index is 0.326. The molecule has 0 spiro atoms. The van der Waals surface area contributed by atoms with E-state index >= 15 is 0 Å². The fourth-order valence-electron chi connectivity index (χ4n) is 3.36. The smallest absolute Gasteiger partial charge is 0.410 e. The van der Waals surface area contributed by atoms with Crippen LogP contribution >= 0.6 is 23.2 Å². The van der Waals surface area contributed by atoms with Crippen molar-refractivity contribution in [3.63, 3.8) is 0 Å². The third-order valence-electron chi connectivity index (χ3n) is 4.68. The molecule has 0 atom stereocenters. The van der Waals surface area contributed by atoms with Crippen molar-refractivity contribution in [1.29, 1.82) is 0 Å². The lowest BCUT2D eigenvalue weighted by molar-refractivity contribution is 0.0273. The molecule has 4 heterocycles. The molecule has 0 unspecified atom stereocenters. The second-order valence-corrected chi connectivity index (χ2v) is 9.08. The summed E-state index contributed by atoms with van der Waals surface area (Å²) >= 11 is 12.6. The maximum atomic E-state index is 12.5. The van der Waals surface area contributed by atoms with Crippen molar-refractivity contribution in [3.05, 3.63) is 58.5 Å². The van der Waals surface area contributed by atoms with Crippen molar-refractivity contribution in [2.24, 2.45) is 0 Å². The summed E-state index contributed by atoms with van der Waals surface area (Å²) in [6.45, 7) is 6.61. The average Bonchev–Trinajstić information content (AvgIpc) is 3.09. The van der Waals surface area contributed by atoms with Crippen molar-refractivity contribution in [1.82, 2.24) is 19.5 Å². The lowest BCUT2D eigenvalue weighted by atomic mass is 10.0. The Labute approximate surface area is 185 Å². The van der Waals surface area contributed by atoms with Crippen LogP contribution in [-0.4, -0.2) is 44.3 Å². The molecule has 3 aromatic rings. The number of nitrogens with zero attached hydrogens (tertiary/aromatic N) is 4. The zero-order valence-corrected chi connectivity index (χ0v) is 18.5. The van der Waals surface area contributed by atoms with E-state index in [1.54, 1.807) is 33.9 Å². The van der Waals surface area contributed by atoms with Gasteiger partial charge in [0.15, 0.2) is 0 Å². The standard InChI is InChI=1S/C22H22Cl2N4O2/c1-22(2,3)30-21(29)27-7-4-5-14(13-27)18-9-16(24)10-19(26-18)17-12-25-28-8-6-15(23)11-20(17)28/h5-6,8-12H,4,7,13H2,1-3H3. The fraction of sp³-hybridized carbons (Fsp3) is 0.318. The number of halogens is 2. The molecule has 0 fully saturated rings. The topological polar surface area (TPSA) is 59.7 Å². The summed E-state index contributed by atoms with van der Waals surface area (Å²) < 4.78 is 7.26. The van der Waals surface area contributed by atoms with Crippen molar-refractivity contribution in [3.8, 4) is 11.3 Å². The normalized spacial score (nSPS) is 14.7. The molecule has 0 radical (unpaired) electrons. The van der Waals surface area contributed by atoms with Crippen LogP contribution in [-0.2, 0) is 4.74 Å². The summed E-state index contributed by atoms with van der Waals surface area (Å²) in [7, 11) is 0. The van der Waals surface area contributed by atoms with Gasteiger partial charge >= 0.3 is 6.09 Å². The number of carbonyl (C=O) groups excluding carboxylic acids is 1. The molecule has 1 aliphatic heterocycles. The van der Waals surface area contributed by atoms with Crippen LogP contribution in [0.3, 0.4) is 0 Å². The van der Waals surface area contributed by atoms with E-state index in [1.165, 1.54) is 0 Å². The molecule has 8 heteroatoms. The Morgan fingerprint density at radius 3 is 2.67 bits per heavy atom. The molecule has 30 heavy (non-hydrogen) atoms. The Balaban J connectivity index is 1.66. The van der Waals surface area contributed by atoms with E-state index in [-0.39, 0.29) is 6.09 Å². The highest BCUT2D eigenvalue weighted by molar-refractivity contribution is 6.31. The first-order chi connectivity index (χ1) is 14.2. The molecular formula is C22H22Cl2N4O2. The molecule has 0 N–H and O–H groups in total. The Bertz CT molecular complexity index is 1150. The predicted molar refractivity (Wildman–Crippen MR) is 119 cm³/mol. The second kappa shape index (κ2) is 7.93. The van der Waals surface area contributed by atoms with Gasteiger partial charge in [0.1, 0.15) is 5.60 Å². The highest BCUT2D eigenvalue weighted by Crippen LogP contribution is 2.30. The average molecular weight is 445 g/mol. The number of fused-ring (bicyclic) bond motifs is 1. The minimum Gasteiger partial charge on any atom is -0.444 e. The van der Waals surface area contributed by atoms with E-state index in [9.17, 15) is 4.79 Å². The molecule has 0 saturated carbocycles. The van der Waals surface area contributed by atoms with Gasteiger partial charge in [-0.2, -0.15) is 5.10 Å². The fourth-order valence-corrected chi connectivity index (χ4v) is 3.73. The maximum Gasteiger partial charge on any atom is 0.410 e. The van der Waals surface area contributed by atoms with E-state index in [1.807, 2.05) is 32.9 Å². The lowest BCUT2D eigenvalue weighted by Gasteiger charge is -2.30. The molecule has 6 nitrogen and oxygen atoms in total. The number of rotatable bonds is 2. The summed E-state index contributed by atoms with van der Waals surface area (Å²) in [6.07, 6.45) is 6.04. The van der Waals surface area contributed by atoms with Gasteiger partial charge in [-0.3, -0.25) is 0 Å². The first-order valence-electron chi connectivity index (χ1n) is 9.68. The van der Waals surface area contributed by atoms with Crippen LogP contribution in [0.4, 0.5) is 4.79 Å². The van der Waals surface area contributed by atoms with Crippen LogP contribution in [0, 0.1) is 0 Å². The number of ether oxygens (including phenoxy) is 1. The Morgan fingerprint density at radius 2 is 1.90 bits per heavy atom. The molecule has 0 aromatic carbocycles. The summed E-state index contributed by atoms with van der Waals surface area (Å²) in [6, 6.07) is 7.24. The highest BCUT2D eigenvalue weighted by atomic mass is 35.5. The number of pyridine rings is 2. The van der Waals surface area contributed by atoms with Crippen molar-refractivity contribution >= 4 is 40.4 Å². The van der Waals surface area contributed by atoms with Crippen molar-refractivity contribution in [2.75, 3.05) is 13.1 Å². The first-order valence-corrected chi connectivity index (χ1v) is 10.4. The van der Waals surface area contributed by atoms with E-state index in [4.69, 9.17) is 32.9 Å². The van der Waals surface area contributed by atoms with Crippen LogP contribution in [0.15, 0.2) is 42.7 Å². The van der Waals surface area contributed by atoms with Gasteiger partial charge in [-0.25, -0.2) is 14.3 Å². The van der Waals surface area contributed by atoms with Gasteiger partial charge in [-0.15, -0.1) is 0 Å². The van der Waals surface area contributed by atoms with Crippen LogP contribution in [0.25, 0.3) is 22.3 Å². The monoisotopic (exact) mass is 444 g/mol. The number of amides is 1. The van der Waals surface area contributed by atoms with Gasteiger partial charge in [0.2, 0.25) is 0 Å². The SMILES string of the molecule is CC(C)(C)OC(=O)N1CCC=C(c2cc(Cl)cc(-c3cnn4ccc(Cl)cc34)n2)C1. The van der Waals surface area contributed by atoms with Gasteiger partial charge in [-0.05, 0) is 57.0 Å². The number of hydrogen-bond donors (Lipinski definition) is 0. The largest absolute Gasteiger partial charge is 0.444 e.